The second kappa shape index (κ2) is 4.69. The van der Waals surface area contributed by atoms with Crippen molar-refractivity contribution in [2.75, 3.05) is 11.4 Å². The second-order valence-corrected chi connectivity index (χ2v) is 3.52. The number of hydrogen-bond donors (Lipinski definition) is 1. The fourth-order valence-corrected chi connectivity index (χ4v) is 1.11. The van der Waals surface area contributed by atoms with Gasteiger partial charge in [-0.15, -0.1) is 5.10 Å². The highest BCUT2D eigenvalue weighted by Gasteiger charge is 2.34. The maximum Gasteiger partial charge on any atom is 0.406 e. The first kappa shape index (κ1) is 12.8. The topological polar surface area (TPSA) is 68.2 Å². The smallest absolute Gasteiger partial charge is 0.406 e. The van der Waals surface area contributed by atoms with Crippen LogP contribution in [0, 0.1) is 0 Å². The normalized spacial score (nSPS) is 12.2. The highest BCUT2D eigenvalue weighted by Crippen LogP contribution is 2.22. The van der Waals surface area contributed by atoms with Crippen molar-refractivity contribution in [3.05, 3.63) is 5.89 Å². The summed E-state index contributed by atoms with van der Waals surface area (Å²) in [6.45, 7) is 2.10. The van der Waals surface area contributed by atoms with Gasteiger partial charge in [-0.1, -0.05) is 5.10 Å². The molecule has 1 heterocycles. The SMILES string of the molecule is CC(C)N(CC(F)(F)F)c1nnc(CN)o1. The maximum absolute atomic E-state index is 12.3. The fourth-order valence-electron chi connectivity index (χ4n) is 1.11. The molecule has 0 aliphatic carbocycles. The van der Waals surface area contributed by atoms with Gasteiger partial charge in [0.2, 0.25) is 5.89 Å². The second-order valence-electron chi connectivity index (χ2n) is 3.52. The van der Waals surface area contributed by atoms with Gasteiger partial charge in [-0.2, -0.15) is 13.2 Å². The van der Waals surface area contributed by atoms with Gasteiger partial charge in [0.25, 0.3) is 0 Å². The molecular formula is C8H13F3N4O. The number of nitrogens with two attached hydrogens (primary N) is 1. The van der Waals surface area contributed by atoms with Gasteiger partial charge < -0.3 is 15.1 Å². The van der Waals surface area contributed by atoms with E-state index in [0.717, 1.165) is 4.90 Å². The summed E-state index contributed by atoms with van der Waals surface area (Å²) in [7, 11) is 0. The molecule has 0 aromatic carbocycles. The van der Waals surface area contributed by atoms with Gasteiger partial charge >= 0.3 is 12.2 Å². The first-order valence-electron chi connectivity index (χ1n) is 4.69. The number of hydrogen-bond acceptors (Lipinski definition) is 5. The highest BCUT2D eigenvalue weighted by molar-refractivity contribution is 5.26. The predicted octanol–water partition coefficient (Wildman–Crippen LogP) is 1.31. The third kappa shape index (κ3) is 3.37. The van der Waals surface area contributed by atoms with E-state index in [2.05, 4.69) is 10.2 Å². The zero-order valence-corrected chi connectivity index (χ0v) is 8.95. The molecule has 0 atom stereocenters. The van der Waals surface area contributed by atoms with Gasteiger partial charge in [-0.25, -0.2) is 0 Å². The van der Waals surface area contributed by atoms with Gasteiger partial charge in [0.15, 0.2) is 0 Å². The summed E-state index contributed by atoms with van der Waals surface area (Å²) in [6.07, 6.45) is -4.32. The lowest BCUT2D eigenvalue weighted by Gasteiger charge is -2.25. The third-order valence-corrected chi connectivity index (χ3v) is 1.85. The van der Waals surface area contributed by atoms with E-state index < -0.39 is 18.8 Å². The monoisotopic (exact) mass is 238 g/mol. The summed E-state index contributed by atoms with van der Waals surface area (Å²) in [4.78, 5) is 0.978. The van der Waals surface area contributed by atoms with E-state index in [1.54, 1.807) is 13.8 Å². The van der Waals surface area contributed by atoms with E-state index in [-0.39, 0.29) is 18.5 Å². The molecule has 0 bridgehead atoms. The van der Waals surface area contributed by atoms with Crippen molar-refractivity contribution in [1.29, 1.82) is 0 Å². The molecule has 16 heavy (non-hydrogen) atoms. The van der Waals surface area contributed by atoms with Crippen molar-refractivity contribution in [2.45, 2.75) is 32.6 Å². The quantitative estimate of drug-likeness (QED) is 0.856. The van der Waals surface area contributed by atoms with Crippen molar-refractivity contribution in [3.63, 3.8) is 0 Å². The Labute approximate surface area is 90.4 Å². The van der Waals surface area contributed by atoms with Crippen LogP contribution in [0.15, 0.2) is 4.42 Å². The van der Waals surface area contributed by atoms with E-state index in [0.29, 0.717) is 0 Å². The lowest BCUT2D eigenvalue weighted by molar-refractivity contribution is -0.121. The van der Waals surface area contributed by atoms with Gasteiger partial charge in [-0.3, -0.25) is 0 Å². The molecule has 0 saturated carbocycles. The highest BCUT2D eigenvalue weighted by atomic mass is 19.4. The molecule has 1 rings (SSSR count). The Balaban J connectivity index is 2.85. The van der Waals surface area contributed by atoms with Crippen molar-refractivity contribution in [2.24, 2.45) is 5.73 Å². The molecule has 0 aliphatic heterocycles. The van der Waals surface area contributed by atoms with E-state index in [4.69, 9.17) is 10.2 Å². The molecule has 0 aliphatic rings. The summed E-state index contributed by atoms with van der Waals surface area (Å²) in [6, 6.07) is -0.555. The lowest BCUT2D eigenvalue weighted by atomic mass is 10.3. The standard InChI is InChI=1S/C8H13F3N4O/c1-5(2)15(4-8(9,10)11)7-14-13-6(3-12)16-7/h5H,3-4,12H2,1-2H3. The molecule has 8 heteroatoms. The lowest BCUT2D eigenvalue weighted by Crippen LogP contribution is -2.39. The van der Waals surface area contributed by atoms with E-state index in [1.165, 1.54) is 0 Å². The molecule has 0 radical (unpaired) electrons. The van der Waals surface area contributed by atoms with Gasteiger partial charge in [0.1, 0.15) is 6.54 Å². The minimum Gasteiger partial charge on any atom is -0.407 e. The van der Waals surface area contributed by atoms with Crippen molar-refractivity contribution in [3.8, 4) is 0 Å². The molecule has 92 valence electrons. The first-order valence-corrected chi connectivity index (χ1v) is 4.69. The van der Waals surface area contributed by atoms with Crippen LogP contribution in [0.2, 0.25) is 0 Å². The van der Waals surface area contributed by atoms with Crippen LogP contribution < -0.4 is 10.6 Å². The minimum atomic E-state index is -4.32. The largest absolute Gasteiger partial charge is 0.407 e. The van der Waals surface area contributed by atoms with Crippen molar-refractivity contribution in [1.82, 2.24) is 10.2 Å². The van der Waals surface area contributed by atoms with Crippen LogP contribution in [0.4, 0.5) is 19.2 Å². The van der Waals surface area contributed by atoms with Crippen LogP contribution in [0.3, 0.4) is 0 Å². The van der Waals surface area contributed by atoms with Gasteiger partial charge in [0, 0.05) is 6.04 Å². The average Bonchev–Trinajstić information content (AvgIpc) is 2.60. The number of nitrogens with zero attached hydrogens (tertiary/aromatic N) is 3. The Kier molecular flexibility index (Phi) is 3.74. The molecule has 0 amide bonds. The first-order chi connectivity index (χ1) is 7.33. The van der Waals surface area contributed by atoms with Crippen LogP contribution >= 0.6 is 0 Å². The van der Waals surface area contributed by atoms with E-state index >= 15 is 0 Å². The zero-order chi connectivity index (χ0) is 12.3. The maximum atomic E-state index is 12.3. The number of halogens is 3. The molecular weight excluding hydrogens is 225 g/mol. The molecule has 2 N–H and O–H groups in total. The Morgan fingerprint density at radius 1 is 1.38 bits per heavy atom. The molecule has 5 nitrogen and oxygen atoms in total. The van der Waals surface area contributed by atoms with Crippen LogP contribution in [-0.2, 0) is 6.54 Å². The Hall–Kier alpha value is -1.31. The molecule has 0 fully saturated rings. The molecule has 1 aromatic heterocycles. The van der Waals surface area contributed by atoms with Crippen LogP contribution in [0.1, 0.15) is 19.7 Å². The number of anilines is 1. The average molecular weight is 238 g/mol. The Morgan fingerprint density at radius 3 is 2.38 bits per heavy atom. The summed E-state index contributed by atoms with van der Waals surface area (Å²) in [5, 5.41) is 7.04. The number of alkyl halides is 3. The molecule has 1 aromatic rings. The fraction of sp³-hybridized carbons (Fsp3) is 0.750. The van der Waals surface area contributed by atoms with E-state index in [9.17, 15) is 13.2 Å². The molecule has 0 spiro atoms. The van der Waals surface area contributed by atoms with E-state index in [1.807, 2.05) is 0 Å². The Morgan fingerprint density at radius 2 is 2.00 bits per heavy atom. The Bertz CT molecular complexity index is 336. The summed E-state index contributed by atoms with van der Waals surface area (Å²) >= 11 is 0. The summed E-state index contributed by atoms with van der Waals surface area (Å²) in [5.41, 5.74) is 5.23. The minimum absolute atomic E-state index is 0.00491. The zero-order valence-electron chi connectivity index (χ0n) is 8.95. The number of rotatable bonds is 4. The molecule has 0 saturated heterocycles. The van der Waals surface area contributed by atoms with Crippen molar-refractivity contribution >= 4 is 6.01 Å². The third-order valence-electron chi connectivity index (χ3n) is 1.85. The van der Waals surface area contributed by atoms with Crippen LogP contribution in [0.5, 0.6) is 0 Å². The summed E-state index contributed by atoms with van der Waals surface area (Å²) < 4.78 is 41.8. The van der Waals surface area contributed by atoms with Crippen molar-refractivity contribution < 1.29 is 17.6 Å². The van der Waals surface area contributed by atoms with Gasteiger partial charge in [0.05, 0.1) is 6.54 Å². The van der Waals surface area contributed by atoms with Crippen LogP contribution in [-0.4, -0.2) is 29.0 Å². The number of aromatic nitrogens is 2. The van der Waals surface area contributed by atoms with Crippen LogP contribution in [0.25, 0.3) is 0 Å². The summed E-state index contributed by atoms with van der Waals surface area (Å²) in [5.74, 6) is 0.114. The predicted molar refractivity (Wildman–Crippen MR) is 50.7 cm³/mol. The molecule has 0 unspecified atom stereocenters. The van der Waals surface area contributed by atoms with Gasteiger partial charge in [-0.05, 0) is 13.8 Å².